The van der Waals surface area contributed by atoms with Crippen LogP contribution >= 0.6 is 0 Å². The molecule has 2 aromatic carbocycles. The first kappa shape index (κ1) is 21.0. The number of hydrogen-bond donors (Lipinski definition) is 2. The Labute approximate surface area is 167 Å². The van der Waals surface area contributed by atoms with Crippen LogP contribution in [0.15, 0.2) is 59.7 Å². The van der Waals surface area contributed by atoms with Crippen molar-refractivity contribution in [3.05, 3.63) is 82.2 Å². The lowest BCUT2D eigenvalue weighted by atomic mass is 10.1. The fourth-order valence-corrected chi connectivity index (χ4v) is 2.71. The van der Waals surface area contributed by atoms with Gasteiger partial charge in [-0.05, 0) is 42.3 Å². The number of carboxylic acids is 1. The number of aliphatic carboxylic acids is 1. The van der Waals surface area contributed by atoms with E-state index in [-0.39, 0.29) is 17.9 Å². The molecule has 0 aliphatic rings. The van der Waals surface area contributed by atoms with Gasteiger partial charge in [-0.3, -0.25) is 14.2 Å². The standard InChI is InChI=1S/C20H15F4N3O3/c21-15-11-13(20(22,23)24)4-7-16(15)27-10-9-25-18(19(27)30)26-14-5-1-12(2-6-14)3-8-17(28)29/h1-2,4-7,9-11H,3,8H2,(H,25,26)(H,28,29). The van der Waals surface area contributed by atoms with Crippen LogP contribution in [-0.4, -0.2) is 20.6 Å². The summed E-state index contributed by atoms with van der Waals surface area (Å²) in [6.45, 7) is 0. The lowest BCUT2D eigenvalue weighted by Gasteiger charge is -2.12. The summed E-state index contributed by atoms with van der Waals surface area (Å²) in [7, 11) is 0. The minimum absolute atomic E-state index is 0.0174. The molecule has 0 spiro atoms. The van der Waals surface area contributed by atoms with Crippen molar-refractivity contribution in [3.63, 3.8) is 0 Å². The van der Waals surface area contributed by atoms with Gasteiger partial charge < -0.3 is 10.4 Å². The summed E-state index contributed by atoms with van der Waals surface area (Å²) >= 11 is 0. The second-order valence-electron chi connectivity index (χ2n) is 6.33. The van der Waals surface area contributed by atoms with E-state index in [1.165, 1.54) is 6.20 Å². The molecule has 1 aromatic heterocycles. The zero-order valence-corrected chi connectivity index (χ0v) is 15.3. The molecule has 3 aromatic rings. The summed E-state index contributed by atoms with van der Waals surface area (Å²) in [5.74, 6) is -2.27. The number of aromatic nitrogens is 2. The van der Waals surface area contributed by atoms with Crippen LogP contribution in [0.2, 0.25) is 0 Å². The van der Waals surface area contributed by atoms with Crippen molar-refractivity contribution in [3.8, 4) is 5.69 Å². The average molecular weight is 421 g/mol. The van der Waals surface area contributed by atoms with Crippen LogP contribution in [0.25, 0.3) is 5.69 Å². The summed E-state index contributed by atoms with van der Waals surface area (Å²) in [4.78, 5) is 27.2. The molecule has 1 heterocycles. The van der Waals surface area contributed by atoms with Crippen LogP contribution in [0.3, 0.4) is 0 Å². The Morgan fingerprint density at radius 3 is 2.43 bits per heavy atom. The predicted molar refractivity (Wildman–Crippen MR) is 100 cm³/mol. The lowest BCUT2D eigenvalue weighted by molar-refractivity contribution is -0.138. The van der Waals surface area contributed by atoms with Crippen LogP contribution in [0.1, 0.15) is 17.5 Å². The zero-order valence-electron chi connectivity index (χ0n) is 15.3. The van der Waals surface area contributed by atoms with Crippen LogP contribution in [0.4, 0.5) is 29.1 Å². The fourth-order valence-electron chi connectivity index (χ4n) is 2.71. The van der Waals surface area contributed by atoms with E-state index in [9.17, 15) is 27.2 Å². The van der Waals surface area contributed by atoms with E-state index < -0.39 is 29.1 Å². The maximum atomic E-state index is 14.2. The molecule has 0 atom stereocenters. The van der Waals surface area contributed by atoms with E-state index in [0.29, 0.717) is 24.2 Å². The number of rotatable bonds is 6. The summed E-state index contributed by atoms with van der Waals surface area (Å²) in [5, 5.41) is 11.5. The molecule has 6 nitrogen and oxygen atoms in total. The van der Waals surface area contributed by atoms with Crippen molar-refractivity contribution in [1.82, 2.24) is 9.55 Å². The minimum atomic E-state index is -4.70. The molecule has 156 valence electrons. The molecule has 3 rings (SSSR count). The highest BCUT2D eigenvalue weighted by Crippen LogP contribution is 2.30. The van der Waals surface area contributed by atoms with Gasteiger partial charge in [0, 0.05) is 24.5 Å². The highest BCUT2D eigenvalue weighted by Gasteiger charge is 2.31. The minimum Gasteiger partial charge on any atom is -0.481 e. The molecule has 0 saturated carbocycles. The van der Waals surface area contributed by atoms with Gasteiger partial charge in [0.05, 0.1) is 11.3 Å². The Morgan fingerprint density at radius 2 is 1.83 bits per heavy atom. The van der Waals surface area contributed by atoms with Gasteiger partial charge in [0.25, 0.3) is 5.56 Å². The molecule has 0 bridgehead atoms. The van der Waals surface area contributed by atoms with Crippen molar-refractivity contribution in [1.29, 1.82) is 0 Å². The van der Waals surface area contributed by atoms with Gasteiger partial charge in [-0.15, -0.1) is 0 Å². The molecule has 0 aliphatic heterocycles. The maximum Gasteiger partial charge on any atom is 0.416 e. The number of halogens is 4. The monoisotopic (exact) mass is 421 g/mol. The number of hydrogen-bond acceptors (Lipinski definition) is 4. The maximum absolute atomic E-state index is 14.2. The highest BCUT2D eigenvalue weighted by atomic mass is 19.4. The smallest absolute Gasteiger partial charge is 0.416 e. The number of nitrogens with one attached hydrogen (secondary N) is 1. The average Bonchev–Trinajstić information content (AvgIpc) is 2.68. The predicted octanol–water partition coefficient (Wildman–Crippen LogP) is 4.15. The van der Waals surface area contributed by atoms with E-state index in [4.69, 9.17) is 5.11 Å². The Bertz CT molecular complexity index is 1130. The van der Waals surface area contributed by atoms with E-state index in [0.717, 1.165) is 22.4 Å². The van der Waals surface area contributed by atoms with Crippen molar-refractivity contribution in [2.24, 2.45) is 0 Å². The van der Waals surface area contributed by atoms with Crippen molar-refractivity contribution in [2.45, 2.75) is 19.0 Å². The van der Waals surface area contributed by atoms with Gasteiger partial charge >= 0.3 is 12.1 Å². The van der Waals surface area contributed by atoms with E-state index in [1.807, 2.05) is 0 Å². The molecular weight excluding hydrogens is 406 g/mol. The zero-order chi connectivity index (χ0) is 21.9. The van der Waals surface area contributed by atoms with Gasteiger partial charge in [-0.25, -0.2) is 9.37 Å². The first-order valence-corrected chi connectivity index (χ1v) is 8.67. The Morgan fingerprint density at radius 1 is 1.13 bits per heavy atom. The lowest BCUT2D eigenvalue weighted by Crippen LogP contribution is -2.22. The number of anilines is 2. The topological polar surface area (TPSA) is 84.2 Å². The number of aryl methyl sites for hydroxylation is 1. The Kier molecular flexibility index (Phi) is 5.86. The molecule has 0 saturated heterocycles. The van der Waals surface area contributed by atoms with Crippen molar-refractivity contribution in [2.75, 3.05) is 5.32 Å². The van der Waals surface area contributed by atoms with Crippen LogP contribution in [-0.2, 0) is 17.4 Å². The third kappa shape index (κ3) is 4.83. The molecule has 0 unspecified atom stereocenters. The van der Waals surface area contributed by atoms with Crippen LogP contribution in [0.5, 0.6) is 0 Å². The summed E-state index contributed by atoms with van der Waals surface area (Å²) in [6, 6.07) is 8.49. The van der Waals surface area contributed by atoms with E-state index >= 15 is 0 Å². The molecular formula is C20H15F4N3O3. The van der Waals surface area contributed by atoms with Crippen molar-refractivity contribution < 1.29 is 27.5 Å². The van der Waals surface area contributed by atoms with Gasteiger partial charge in [0.15, 0.2) is 5.82 Å². The fraction of sp³-hybridized carbons (Fsp3) is 0.150. The summed E-state index contributed by atoms with van der Waals surface area (Å²) in [5.41, 5.74) is -1.00. The Hall–Kier alpha value is -3.69. The molecule has 0 radical (unpaired) electrons. The third-order valence-corrected chi connectivity index (χ3v) is 4.22. The molecule has 0 fully saturated rings. The molecule has 0 amide bonds. The van der Waals surface area contributed by atoms with E-state index in [2.05, 4.69) is 10.3 Å². The van der Waals surface area contributed by atoms with Crippen molar-refractivity contribution >= 4 is 17.5 Å². The van der Waals surface area contributed by atoms with Crippen LogP contribution in [0, 0.1) is 5.82 Å². The molecule has 2 N–H and O–H groups in total. The number of benzene rings is 2. The van der Waals surface area contributed by atoms with Gasteiger partial charge in [-0.1, -0.05) is 12.1 Å². The number of carbonyl (C=O) groups is 1. The first-order chi connectivity index (χ1) is 14.1. The summed E-state index contributed by atoms with van der Waals surface area (Å²) in [6.07, 6.45) is -2.02. The molecule has 0 aliphatic carbocycles. The highest BCUT2D eigenvalue weighted by molar-refractivity contribution is 5.67. The van der Waals surface area contributed by atoms with Gasteiger partial charge in [0.1, 0.15) is 5.82 Å². The molecule has 10 heteroatoms. The quantitative estimate of drug-likeness (QED) is 0.584. The number of nitrogens with zero attached hydrogens (tertiary/aromatic N) is 2. The van der Waals surface area contributed by atoms with E-state index in [1.54, 1.807) is 24.3 Å². The SMILES string of the molecule is O=C(O)CCc1ccc(Nc2nccn(-c3ccc(C(F)(F)F)cc3F)c2=O)cc1. The number of carboxylic acid groups (broad SMARTS) is 1. The second kappa shape index (κ2) is 8.36. The Balaban J connectivity index is 1.85. The van der Waals surface area contributed by atoms with Gasteiger partial charge in [0.2, 0.25) is 0 Å². The van der Waals surface area contributed by atoms with Gasteiger partial charge in [-0.2, -0.15) is 13.2 Å². The first-order valence-electron chi connectivity index (χ1n) is 8.67. The largest absolute Gasteiger partial charge is 0.481 e. The molecule has 30 heavy (non-hydrogen) atoms. The second-order valence-corrected chi connectivity index (χ2v) is 6.33. The summed E-state index contributed by atoms with van der Waals surface area (Å²) < 4.78 is 53.2. The normalized spacial score (nSPS) is 11.3. The van der Waals surface area contributed by atoms with Crippen LogP contribution < -0.4 is 10.9 Å². The number of alkyl halides is 3. The third-order valence-electron chi connectivity index (χ3n) is 4.22.